The van der Waals surface area contributed by atoms with Crippen LogP contribution >= 0.6 is 0 Å². The molecule has 1 aromatic carbocycles. The van der Waals surface area contributed by atoms with Gasteiger partial charge < -0.3 is 15.8 Å². The summed E-state index contributed by atoms with van der Waals surface area (Å²) in [5.41, 5.74) is 6.36. The molecule has 0 radical (unpaired) electrons. The minimum atomic E-state index is -0.211. The van der Waals surface area contributed by atoms with E-state index >= 15 is 0 Å². The van der Waals surface area contributed by atoms with Crippen LogP contribution in [-0.4, -0.2) is 50.2 Å². The van der Waals surface area contributed by atoms with Crippen molar-refractivity contribution in [2.24, 2.45) is 5.73 Å². The number of anilines is 1. The average molecular weight is 279 g/mol. The maximum atomic E-state index is 12.3. The van der Waals surface area contributed by atoms with Crippen LogP contribution < -0.4 is 11.1 Å². The molecule has 0 aliphatic rings. The molecule has 0 saturated carbocycles. The maximum absolute atomic E-state index is 12.3. The predicted octanol–water partition coefficient (Wildman–Crippen LogP) is 1.31. The number of nitrogens with zero attached hydrogens (tertiary/aromatic N) is 1. The van der Waals surface area contributed by atoms with Crippen LogP contribution in [0.3, 0.4) is 0 Å². The van der Waals surface area contributed by atoms with Gasteiger partial charge in [-0.2, -0.15) is 0 Å². The summed E-state index contributed by atoms with van der Waals surface area (Å²) in [7, 11) is 1.66. The molecular formula is C15H25N3O2. The van der Waals surface area contributed by atoms with Gasteiger partial charge in [0.05, 0.1) is 12.6 Å². The van der Waals surface area contributed by atoms with Crippen LogP contribution in [0.1, 0.15) is 13.3 Å². The fourth-order valence-corrected chi connectivity index (χ4v) is 1.94. The first-order chi connectivity index (χ1) is 9.69. The smallest absolute Gasteiger partial charge is 0.241 e. The Morgan fingerprint density at radius 2 is 2.05 bits per heavy atom. The van der Waals surface area contributed by atoms with E-state index in [1.54, 1.807) is 7.11 Å². The van der Waals surface area contributed by atoms with Gasteiger partial charge in [0, 0.05) is 25.9 Å². The highest BCUT2D eigenvalue weighted by Crippen LogP contribution is 2.08. The molecule has 20 heavy (non-hydrogen) atoms. The SMILES string of the molecule is COCCN(CCCN)C(C)C(=O)Nc1ccccc1. The molecule has 0 heterocycles. The lowest BCUT2D eigenvalue weighted by atomic mass is 10.2. The van der Waals surface area contributed by atoms with E-state index in [-0.39, 0.29) is 11.9 Å². The molecule has 0 saturated heterocycles. The van der Waals surface area contributed by atoms with E-state index in [1.165, 1.54) is 0 Å². The Labute approximate surface area is 121 Å². The van der Waals surface area contributed by atoms with Crippen molar-refractivity contribution in [2.45, 2.75) is 19.4 Å². The van der Waals surface area contributed by atoms with Crippen LogP contribution in [-0.2, 0) is 9.53 Å². The third-order valence-electron chi connectivity index (χ3n) is 3.20. The molecule has 0 aliphatic heterocycles. The Hall–Kier alpha value is -1.43. The van der Waals surface area contributed by atoms with Crippen molar-refractivity contribution >= 4 is 11.6 Å². The molecule has 112 valence electrons. The zero-order valence-corrected chi connectivity index (χ0v) is 12.3. The molecule has 1 atom stereocenters. The number of carbonyl (C=O) groups excluding carboxylic acids is 1. The highest BCUT2D eigenvalue weighted by Gasteiger charge is 2.20. The van der Waals surface area contributed by atoms with Gasteiger partial charge in [-0.25, -0.2) is 0 Å². The van der Waals surface area contributed by atoms with Crippen molar-refractivity contribution in [3.05, 3.63) is 30.3 Å². The maximum Gasteiger partial charge on any atom is 0.241 e. The van der Waals surface area contributed by atoms with Crippen LogP contribution in [0.4, 0.5) is 5.69 Å². The standard InChI is InChI=1S/C15H25N3O2/c1-13(18(10-6-9-16)11-12-20-2)15(19)17-14-7-4-3-5-8-14/h3-5,7-8,13H,6,9-12,16H2,1-2H3,(H,17,19). The fourth-order valence-electron chi connectivity index (χ4n) is 1.94. The molecule has 1 amide bonds. The first-order valence-electron chi connectivity index (χ1n) is 6.98. The molecule has 5 heteroatoms. The first kappa shape index (κ1) is 16.6. The van der Waals surface area contributed by atoms with E-state index in [2.05, 4.69) is 10.2 Å². The molecule has 1 unspecified atom stereocenters. The predicted molar refractivity (Wildman–Crippen MR) is 81.7 cm³/mol. The number of amides is 1. The molecule has 0 aliphatic carbocycles. The highest BCUT2D eigenvalue weighted by atomic mass is 16.5. The van der Waals surface area contributed by atoms with E-state index in [0.29, 0.717) is 13.2 Å². The summed E-state index contributed by atoms with van der Waals surface area (Å²) in [6.07, 6.45) is 0.868. The second-order valence-electron chi connectivity index (χ2n) is 4.70. The van der Waals surface area contributed by atoms with Gasteiger partial charge >= 0.3 is 0 Å². The number of hydrogen-bond acceptors (Lipinski definition) is 4. The second-order valence-corrected chi connectivity index (χ2v) is 4.70. The zero-order chi connectivity index (χ0) is 14.8. The number of carbonyl (C=O) groups is 1. The lowest BCUT2D eigenvalue weighted by molar-refractivity contribution is -0.121. The van der Waals surface area contributed by atoms with E-state index in [1.807, 2.05) is 37.3 Å². The van der Waals surface area contributed by atoms with Crippen molar-refractivity contribution < 1.29 is 9.53 Å². The van der Waals surface area contributed by atoms with Crippen LogP contribution in [0.25, 0.3) is 0 Å². The topological polar surface area (TPSA) is 67.6 Å². The molecule has 5 nitrogen and oxygen atoms in total. The van der Waals surface area contributed by atoms with E-state index in [0.717, 1.165) is 25.2 Å². The summed E-state index contributed by atoms with van der Waals surface area (Å²) in [4.78, 5) is 14.3. The summed E-state index contributed by atoms with van der Waals surface area (Å²) >= 11 is 0. The fraction of sp³-hybridized carbons (Fsp3) is 0.533. The number of hydrogen-bond donors (Lipinski definition) is 2. The Morgan fingerprint density at radius 3 is 2.65 bits per heavy atom. The molecule has 0 fully saturated rings. The van der Waals surface area contributed by atoms with Crippen molar-refractivity contribution in [3.63, 3.8) is 0 Å². The zero-order valence-electron chi connectivity index (χ0n) is 12.3. The third-order valence-corrected chi connectivity index (χ3v) is 3.20. The summed E-state index contributed by atoms with van der Waals surface area (Å²) in [5, 5.41) is 2.92. The minimum absolute atomic E-state index is 0.00988. The third kappa shape index (κ3) is 5.69. The number of benzene rings is 1. The monoisotopic (exact) mass is 279 g/mol. The van der Waals surface area contributed by atoms with Gasteiger partial charge in [-0.1, -0.05) is 18.2 Å². The second kappa shape index (κ2) is 9.47. The van der Waals surface area contributed by atoms with Crippen molar-refractivity contribution in [3.8, 4) is 0 Å². The number of rotatable bonds is 9. The van der Waals surface area contributed by atoms with Gasteiger partial charge in [-0.15, -0.1) is 0 Å². The highest BCUT2D eigenvalue weighted by molar-refractivity contribution is 5.94. The van der Waals surface area contributed by atoms with E-state index < -0.39 is 0 Å². The summed E-state index contributed by atoms with van der Waals surface area (Å²) < 4.78 is 5.10. The van der Waals surface area contributed by atoms with Crippen LogP contribution in [0.15, 0.2) is 30.3 Å². The normalized spacial score (nSPS) is 12.4. The largest absolute Gasteiger partial charge is 0.383 e. The van der Waals surface area contributed by atoms with E-state index in [4.69, 9.17) is 10.5 Å². The quantitative estimate of drug-likeness (QED) is 0.715. The molecule has 1 aromatic rings. The molecule has 0 spiro atoms. The Balaban J connectivity index is 2.57. The number of ether oxygens (including phenoxy) is 1. The lowest BCUT2D eigenvalue weighted by Gasteiger charge is -2.27. The minimum Gasteiger partial charge on any atom is -0.383 e. The Kier molecular flexibility index (Phi) is 7.87. The van der Waals surface area contributed by atoms with Gasteiger partial charge in [0.25, 0.3) is 0 Å². The summed E-state index contributed by atoms with van der Waals surface area (Å²) in [5.74, 6) is -0.00988. The van der Waals surface area contributed by atoms with Crippen LogP contribution in [0.5, 0.6) is 0 Å². The number of nitrogens with two attached hydrogens (primary N) is 1. The molecule has 0 aromatic heterocycles. The first-order valence-corrected chi connectivity index (χ1v) is 6.98. The van der Waals surface area contributed by atoms with E-state index in [9.17, 15) is 4.79 Å². The van der Waals surface area contributed by atoms with Gasteiger partial charge in [0.15, 0.2) is 0 Å². The molecule has 3 N–H and O–H groups in total. The van der Waals surface area contributed by atoms with Crippen LogP contribution in [0.2, 0.25) is 0 Å². The molecular weight excluding hydrogens is 254 g/mol. The van der Waals surface area contributed by atoms with Gasteiger partial charge in [-0.05, 0) is 32.0 Å². The van der Waals surface area contributed by atoms with Gasteiger partial charge in [-0.3, -0.25) is 9.69 Å². The summed E-state index contributed by atoms with van der Waals surface area (Å²) in [6, 6.07) is 9.27. The van der Waals surface area contributed by atoms with Gasteiger partial charge in [0.2, 0.25) is 5.91 Å². The van der Waals surface area contributed by atoms with Crippen LogP contribution in [0, 0.1) is 0 Å². The average Bonchev–Trinajstić information content (AvgIpc) is 2.48. The van der Waals surface area contributed by atoms with Crippen molar-refractivity contribution in [1.82, 2.24) is 4.90 Å². The Bertz CT molecular complexity index is 376. The van der Waals surface area contributed by atoms with Crippen molar-refractivity contribution in [2.75, 3.05) is 38.7 Å². The number of para-hydroxylation sites is 1. The molecule has 1 rings (SSSR count). The summed E-state index contributed by atoms with van der Waals surface area (Å²) in [6.45, 7) is 4.65. The number of nitrogens with one attached hydrogen (secondary N) is 1. The van der Waals surface area contributed by atoms with Gasteiger partial charge in [0.1, 0.15) is 0 Å². The number of methoxy groups -OCH3 is 1. The molecule has 0 bridgehead atoms. The Morgan fingerprint density at radius 1 is 1.35 bits per heavy atom. The lowest BCUT2D eigenvalue weighted by Crippen LogP contribution is -2.44. The van der Waals surface area contributed by atoms with Crippen molar-refractivity contribution in [1.29, 1.82) is 0 Å².